The molecule has 0 atom stereocenters. The van der Waals surface area contributed by atoms with Crippen molar-refractivity contribution >= 4 is 34.2 Å². The Morgan fingerprint density at radius 1 is 1.20 bits per heavy atom. The molecule has 0 aliphatic carbocycles. The second-order valence-electron chi connectivity index (χ2n) is 7.52. The summed E-state index contributed by atoms with van der Waals surface area (Å²) >= 11 is 6.32. The molecule has 3 aromatic rings. The number of benzene rings is 2. The molecule has 30 heavy (non-hydrogen) atoms. The van der Waals surface area contributed by atoms with Gasteiger partial charge in [-0.15, -0.1) is 0 Å². The Hall–Kier alpha value is -2.54. The lowest BCUT2D eigenvalue weighted by atomic mass is 10.1. The van der Waals surface area contributed by atoms with Crippen molar-refractivity contribution < 1.29 is 18.7 Å². The SMILES string of the molecule is CC(C)OCc1c(C(=O)Nc2ccc(OCCN(C)C)c(Cl)c2)oc2ccccc12. The van der Waals surface area contributed by atoms with Crippen LogP contribution in [-0.2, 0) is 11.3 Å². The molecule has 0 bridgehead atoms. The number of amides is 1. The van der Waals surface area contributed by atoms with Gasteiger partial charge in [0, 0.05) is 23.2 Å². The standard InChI is InChI=1S/C23H27ClN2O4/c1-15(2)29-14-18-17-7-5-6-8-20(17)30-22(18)23(27)25-16-9-10-21(19(24)13-16)28-12-11-26(3)4/h5-10,13,15H,11-12,14H2,1-4H3,(H,25,27). The topological polar surface area (TPSA) is 63.9 Å². The number of para-hydroxylation sites is 1. The number of hydrogen-bond acceptors (Lipinski definition) is 5. The molecule has 0 spiro atoms. The number of hydrogen-bond donors (Lipinski definition) is 1. The van der Waals surface area contributed by atoms with Crippen molar-refractivity contribution in [3.05, 3.63) is 58.8 Å². The van der Waals surface area contributed by atoms with Gasteiger partial charge in [0.05, 0.1) is 17.7 Å². The van der Waals surface area contributed by atoms with Crippen molar-refractivity contribution in [2.75, 3.05) is 32.6 Å². The molecular formula is C23H27ClN2O4. The van der Waals surface area contributed by atoms with Gasteiger partial charge >= 0.3 is 0 Å². The first-order valence-electron chi connectivity index (χ1n) is 9.85. The number of carbonyl (C=O) groups is 1. The molecule has 0 unspecified atom stereocenters. The fourth-order valence-corrected chi connectivity index (χ4v) is 3.13. The van der Waals surface area contributed by atoms with E-state index in [1.165, 1.54) is 0 Å². The van der Waals surface area contributed by atoms with Gasteiger partial charge in [-0.05, 0) is 52.2 Å². The maximum atomic E-state index is 13.0. The molecule has 0 aliphatic heterocycles. The number of nitrogens with one attached hydrogen (secondary N) is 1. The van der Waals surface area contributed by atoms with E-state index in [0.29, 0.717) is 28.6 Å². The minimum atomic E-state index is -0.356. The van der Waals surface area contributed by atoms with E-state index >= 15 is 0 Å². The lowest BCUT2D eigenvalue weighted by Crippen LogP contribution is -2.19. The summed E-state index contributed by atoms with van der Waals surface area (Å²) in [4.78, 5) is 15.0. The van der Waals surface area contributed by atoms with E-state index in [9.17, 15) is 4.79 Å². The van der Waals surface area contributed by atoms with Crippen LogP contribution < -0.4 is 10.1 Å². The van der Waals surface area contributed by atoms with E-state index in [0.717, 1.165) is 17.5 Å². The predicted octanol–water partition coefficient (Wildman–Crippen LogP) is 5.20. The van der Waals surface area contributed by atoms with Gasteiger partial charge in [0.25, 0.3) is 5.91 Å². The molecule has 0 fully saturated rings. The van der Waals surface area contributed by atoms with Gasteiger partial charge in [-0.1, -0.05) is 29.8 Å². The third kappa shape index (κ3) is 5.53. The van der Waals surface area contributed by atoms with Crippen LogP contribution in [0.15, 0.2) is 46.9 Å². The number of ether oxygens (including phenoxy) is 2. The summed E-state index contributed by atoms with van der Waals surface area (Å²) in [5, 5.41) is 4.15. The average Bonchev–Trinajstić information content (AvgIpc) is 3.06. The quantitative estimate of drug-likeness (QED) is 0.505. The van der Waals surface area contributed by atoms with Gasteiger partial charge in [-0.2, -0.15) is 0 Å². The number of anilines is 1. The number of halogens is 1. The molecule has 0 saturated carbocycles. The highest BCUT2D eigenvalue weighted by atomic mass is 35.5. The van der Waals surface area contributed by atoms with Gasteiger partial charge in [0.15, 0.2) is 5.76 Å². The number of furan rings is 1. The van der Waals surface area contributed by atoms with Crippen LogP contribution in [0, 0.1) is 0 Å². The third-order valence-electron chi connectivity index (χ3n) is 4.45. The van der Waals surface area contributed by atoms with Crippen LogP contribution in [0.1, 0.15) is 30.0 Å². The second-order valence-corrected chi connectivity index (χ2v) is 7.92. The summed E-state index contributed by atoms with van der Waals surface area (Å²) in [5.74, 6) is 0.455. The van der Waals surface area contributed by atoms with Gasteiger partial charge in [-0.25, -0.2) is 0 Å². The van der Waals surface area contributed by atoms with Crippen LogP contribution in [0.25, 0.3) is 11.0 Å². The van der Waals surface area contributed by atoms with Crippen molar-refractivity contribution in [1.29, 1.82) is 0 Å². The summed E-state index contributed by atoms with van der Waals surface area (Å²) in [6, 6.07) is 12.7. The monoisotopic (exact) mass is 430 g/mol. The lowest BCUT2D eigenvalue weighted by molar-refractivity contribution is 0.0648. The highest BCUT2D eigenvalue weighted by molar-refractivity contribution is 6.32. The molecule has 6 nitrogen and oxygen atoms in total. The van der Waals surface area contributed by atoms with Gasteiger partial charge in [0.1, 0.15) is 17.9 Å². The largest absolute Gasteiger partial charge is 0.491 e. The summed E-state index contributed by atoms with van der Waals surface area (Å²) in [6.45, 7) is 5.49. The maximum Gasteiger partial charge on any atom is 0.291 e. The Labute approximate surface area is 181 Å². The maximum absolute atomic E-state index is 13.0. The van der Waals surface area contributed by atoms with Crippen LogP contribution in [0.2, 0.25) is 5.02 Å². The number of nitrogens with zero attached hydrogens (tertiary/aromatic N) is 1. The van der Waals surface area contributed by atoms with E-state index in [2.05, 4.69) is 5.32 Å². The Balaban J connectivity index is 1.78. The van der Waals surface area contributed by atoms with Gasteiger partial charge in [0.2, 0.25) is 0 Å². The molecule has 0 aliphatic rings. The first-order valence-corrected chi connectivity index (χ1v) is 10.2. The predicted molar refractivity (Wildman–Crippen MR) is 120 cm³/mol. The smallest absolute Gasteiger partial charge is 0.291 e. The Morgan fingerprint density at radius 2 is 1.97 bits per heavy atom. The molecule has 3 rings (SSSR count). The highest BCUT2D eigenvalue weighted by Crippen LogP contribution is 2.30. The molecule has 1 heterocycles. The molecule has 0 saturated heterocycles. The first kappa shape index (κ1) is 22.2. The molecule has 0 radical (unpaired) electrons. The third-order valence-corrected chi connectivity index (χ3v) is 4.75. The number of rotatable bonds is 9. The lowest BCUT2D eigenvalue weighted by Gasteiger charge is -2.13. The van der Waals surface area contributed by atoms with Crippen molar-refractivity contribution in [2.45, 2.75) is 26.6 Å². The molecule has 1 aromatic heterocycles. The van der Waals surface area contributed by atoms with Gasteiger partial charge in [-0.3, -0.25) is 4.79 Å². The Bertz CT molecular complexity index is 1010. The first-order chi connectivity index (χ1) is 14.3. The number of fused-ring (bicyclic) bond motifs is 1. The Morgan fingerprint density at radius 3 is 2.67 bits per heavy atom. The van der Waals surface area contributed by atoms with Crippen molar-refractivity contribution in [2.24, 2.45) is 0 Å². The zero-order valence-corrected chi connectivity index (χ0v) is 18.5. The minimum Gasteiger partial charge on any atom is -0.491 e. The fraction of sp³-hybridized carbons (Fsp3) is 0.348. The van der Waals surface area contributed by atoms with Crippen LogP contribution in [-0.4, -0.2) is 44.2 Å². The molecule has 160 valence electrons. The molecular weight excluding hydrogens is 404 g/mol. The zero-order chi connectivity index (χ0) is 21.7. The normalized spacial score (nSPS) is 11.4. The van der Waals surface area contributed by atoms with Crippen molar-refractivity contribution in [3.63, 3.8) is 0 Å². The van der Waals surface area contributed by atoms with E-state index in [4.69, 9.17) is 25.5 Å². The van der Waals surface area contributed by atoms with Crippen LogP contribution in [0.4, 0.5) is 5.69 Å². The molecule has 7 heteroatoms. The van der Waals surface area contributed by atoms with E-state index in [1.807, 2.05) is 57.1 Å². The molecule has 2 aromatic carbocycles. The van der Waals surface area contributed by atoms with E-state index in [1.54, 1.807) is 18.2 Å². The van der Waals surface area contributed by atoms with Crippen molar-refractivity contribution in [1.82, 2.24) is 4.90 Å². The molecule has 1 amide bonds. The highest BCUT2D eigenvalue weighted by Gasteiger charge is 2.21. The van der Waals surface area contributed by atoms with Gasteiger partial charge < -0.3 is 24.1 Å². The van der Waals surface area contributed by atoms with E-state index < -0.39 is 0 Å². The zero-order valence-electron chi connectivity index (χ0n) is 17.7. The van der Waals surface area contributed by atoms with Crippen molar-refractivity contribution in [3.8, 4) is 5.75 Å². The van der Waals surface area contributed by atoms with Crippen LogP contribution in [0.5, 0.6) is 5.75 Å². The minimum absolute atomic E-state index is 0.0356. The second kappa shape index (κ2) is 9.98. The number of likely N-dealkylation sites (N-methyl/N-ethyl adjacent to an activating group) is 1. The Kier molecular flexibility index (Phi) is 7.37. The average molecular weight is 431 g/mol. The van der Waals surface area contributed by atoms with E-state index in [-0.39, 0.29) is 24.4 Å². The van der Waals surface area contributed by atoms with Crippen LogP contribution in [0.3, 0.4) is 0 Å². The summed E-state index contributed by atoms with van der Waals surface area (Å²) in [5.41, 5.74) is 1.93. The molecule has 1 N–H and O–H groups in total. The number of carbonyl (C=O) groups excluding carboxylic acids is 1. The summed E-state index contributed by atoms with van der Waals surface area (Å²) in [6.07, 6.45) is 0.0356. The summed E-state index contributed by atoms with van der Waals surface area (Å²) < 4.78 is 17.3. The van der Waals surface area contributed by atoms with Crippen LogP contribution >= 0.6 is 11.6 Å². The summed E-state index contributed by atoms with van der Waals surface area (Å²) in [7, 11) is 3.95. The fourth-order valence-electron chi connectivity index (χ4n) is 2.90.